The minimum Gasteiger partial charge on any atom is -0.486 e. The highest BCUT2D eigenvalue weighted by Gasteiger charge is 2.22. The van der Waals surface area contributed by atoms with E-state index in [1.165, 1.54) is 30.3 Å². The molecule has 2 N–H and O–H groups in total. The number of ether oxygens (including phenoxy) is 2. The van der Waals surface area contributed by atoms with Crippen molar-refractivity contribution in [3.8, 4) is 17.2 Å². The highest BCUT2D eigenvalue weighted by atomic mass is 35.5. The first-order valence-corrected chi connectivity index (χ1v) is 14.4. The third-order valence-corrected chi connectivity index (χ3v) is 6.99. The van der Waals surface area contributed by atoms with Crippen molar-refractivity contribution >= 4 is 41.0 Å². The third kappa shape index (κ3) is 8.21. The molecule has 14 heteroatoms. The van der Waals surface area contributed by atoms with Crippen molar-refractivity contribution in [2.24, 2.45) is 5.10 Å². The van der Waals surface area contributed by atoms with Crippen molar-refractivity contribution in [2.45, 2.75) is 20.5 Å². The summed E-state index contributed by atoms with van der Waals surface area (Å²) in [4.78, 5) is 35.7. The zero-order chi connectivity index (χ0) is 33.5. The second kappa shape index (κ2) is 14.4. The summed E-state index contributed by atoms with van der Waals surface area (Å²) in [5, 5.41) is 17.8. The number of anilines is 1. The van der Waals surface area contributed by atoms with Crippen LogP contribution in [0.4, 0.5) is 15.8 Å². The smallest absolute Gasteiger partial charge is 0.313 e. The van der Waals surface area contributed by atoms with Crippen LogP contribution in [0.15, 0.2) is 94.4 Å². The van der Waals surface area contributed by atoms with Crippen LogP contribution in [-0.4, -0.2) is 34.1 Å². The van der Waals surface area contributed by atoms with Crippen LogP contribution in [0.3, 0.4) is 0 Å². The number of nitrogens with zero attached hydrogens (tertiary/aromatic N) is 3. The zero-order valence-corrected chi connectivity index (χ0v) is 25.8. The van der Waals surface area contributed by atoms with E-state index in [1.807, 2.05) is 38.1 Å². The molecule has 12 nitrogen and oxygen atoms in total. The molecule has 0 radical (unpaired) electrons. The van der Waals surface area contributed by atoms with Crippen molar-refractivity contribution in [1.29, 1.82) is 0 Å². The summed E-state index contributed by atoms with van der Waals surface area (Å²) in [6, 6.07) is 22.4. The zero-order valence-electron chi connectivity index (χ0n) is 25.0. The molecule has 240 valence electrons. The molecule has 0 spiro atoms. The number of halogens is 2. The fourth-order valence-electron chi connectivity index (χ4n) is 4.57. The number of hydrogen-bond donors (Lipinski definition) is 2. The molecule has 0 aliphatic carbocycles. The number of nitro benzene ring substituents is 1. The fraction of sp³-hybridized carbons (Fsp3) is 0.121. The highest BCUT2D eigenvalue weighted by molar-refractivity contribution is 6.32. The van der Waals surface area contributed by atoms with Gasteiger partial charge in [0.25, 0.3) is 5.91 Å². The number of hydrogen-bond acceptors (Lipinski definition) is 8. The van der Waals surface area contributed by atoms with E-state index in [1.54, 1.807) is 6.07 Å². The average molecular weight is 660 g/mol. The number of nitro groups is 1. The molecular formula is C33H27ClFN5O7. The monoisotopic (exact) mass is 659 g/mol. The van der Waals surface area contributed by atoms with Crippen molar-refractivity contribution in [1.82, 2.24) is 9.99 Å². The number of rotatable bonds is 12. The Hall–Kier alpha value is -5.95. The largest absolute Gasteiger partial charge is 0.486 e. The van der Waals surface area contributed by atoms with Crippen molar-refractivity contribution < 1.29 is 32.8 Å². The molecule has 2 heterocycles. The molecule has 5 rings (SSSR count). The molecule has 0 bridgehead atoms. The number of benzene rings is 3. The van der Waals surface area contributed by atoms with E-state index in [2.05, 4.69) is 32.5 Å². The number of furan rings is 1. The Bertz CT molecular complexity index is 1950. The van der Waals surface area contributed by atoms with E-state index in [4.69, 9.17) is 25.5 Å². The summed E-state index contributed by atoms with van der Waals surface area (Å²) in [7, 11) is 0. The predicted octanol–water partition coefficient (Wildman–Crippen LogP) is 6.75. The molecule has 5 aromatic rings. The van der Waals surface area contributed by atoms with Crippen molar-refractivity contribution in [3.05, 3.63) is 134 Å². The van der Waals surface area contributed by atoms with Gasteiger partial charge in [-0.15, -0.1) is 0 Å². The highest BCUT2D eigenvalue weighted by Crippen LogP contribution is 2.36. The van der Waals surface area contributed by atoms with E-state index in [-0.39, 0.29) is 34.4 Å². The van der Waals surface area contributed by atoms with Crippen LogP contribution in [0.1, 0.15) is 33.3 Å². The van der Waals surface area contributed by atoms with E-state index in [0.29, 0.717) is 11.5 Å². The standard InChI is InChI=1S/C33H27ClFN5O7/c1-20-6-7-21(2)39(20)25-8-10-26(11-9-25)45-18-27-12-13-30(47-27)33(42)38-36-17-22-14-28(34)32(29(15-22)40(43)44)46-19-31(41)37-24-5-3-4-23(35)16-24/h3-17H,18-19H2,1-2H3,(H,37,41)(H,38,42)/b36-17+. The molecule has 2 amide bonds. The Morgan fingerprint density at radius 1 is 1.02 bits per heavy atom. The number of carbonyl (C=O) groups excluding carboxylic acids is 2. The first-order chi connectivity index (χ1) is 22.6. The van der Waals surface area contributed by atoms with E-state index < -0.39 is 34.8 Å². The summed E-state index contributed by atoms with van der Waals surface area (Å²) in [6.45, 7) is 3.53. The first kappa shape index (κ1) is 32.4. The van der Waals surface area contributed by atoms with Gasteiger partial charge in [0.05, 0.1) is 16.2 Å². The molecular weight excluding hydrogens is 633 g/mol. The second-order valence-corrected chi connectivity index (χ2v) is 10.6. The number of amides is 2. The number of hydrazone groups is 1. The molecule has 0 aliphatic heterocycles. The van der Waals surface area contributed by atoms with Gasteiger partial charge in [-0.3, -0.25) is 19.7 Å². The van der Waals surface area contributed by atoms with Gasteiger partial charge < -0.3 is 23.8 Å². The van der Waals surface area contributed by atoms with E-state index >= 15 is 0 Å². The van der Waals surface area contributed by atoms with Gasteiger partial charge in [-0.25, -0.2) is 9.82 Å². The van der Waals surface area contributed by atoms with Crippen LogP contribution in [0, 0.1) is 29.8 Å². The number of nitrogens with one attached hydrogen (secondary N) is 2. The SMILES string of the molecule is Cc1ccc(C)n1-c1ccc(OCc2ccc(C(=O)N/N=C/c3cc(Cl)c(OCC(=O)Nc4cccc(F)c4)c([N+](=O)[O-])c3)o2)cc1. The van der Waals surface area contributed by atoms with Crippen LogP contribution in [-0.2, 0) is 11.4 Å². The predicted molar refractivity (Wildman–Crippen MR) is 172 cm³/mol. The van der Waals surface area contributed by atoms with Gasteiger partial charge in [-0.1, -0.05) is 17.7 Å². The van der Waals surface area contributed by atoms with Gasteiger partial charge in [0.2, 0.25) is 5.75 Å². The lowest BCUT2D eigenvalue weighted by Gasteiger charge is -2.10. The molecule has 0 unspecified atom stereocenters. The van der Waals surface area contributed by atoms with Crippen molar-refractivity contribution in [2.75, 3.05) is 11.9 Å². The number of aromatic nitrogens is 1. The fourth-order valence-corrected chi connectivity index (χ4v) is 4.85. The summed E-state index contributed by atoms with van der Waals surface area (Å²) in [6.07, 6.45) is 1.14. The Morgan fingerprint density at radius 3 is 2.47 bits per heavy atom. The van der Waals surface area contributed by atoms with Crippen LogP contribution in [0.5, 0.6) is 11.5 Å². The maximum Gasteiger partial charge on any atom is 0.313 e. The summed E-state index contributed by atoms with van der Waals surface area (Å²) >= 11 is 6.21. The lowest BCUT2D eigenvalue weighted by Crippen LogP contribution is -2.20. The van der Waals surface area contributed by atoms with Crippen molar-refractivity contribution in [3.63, 3.8) is 0 Å². The van der Waals surface area contributed by atoms with E-state index in [0.717, 1.165) is 35.4 Å². The minimum atomic E-state index is -0.744. The van der Waals surface area contributed by atoms with E-state index in [9.17, 15) is 24.1 Å². The van der Waals surface area contributed by atoms with Gasteiger partial charge in [-0.05, 0) is 86.6 Å². The first-order valence-electron chi connectivity index (χ1n) is 14.0. The van der Waals surface area contributed by atoms with Gasteiger partial charge in [0.15, 0.2) is 12.4 Å². The van der Waals surface area contributed by atoms with Gasteiger partial charge >= 0.3 is 11.6 Å². The van der Waals surface area contributed by atoms with Gasteiger partial charge in [0.1, 0.15) is 23.9 Å². The second-order valence-electron chi connectivity index (χ2n) is 10.2. The van der Waals surface area contributed by atoms with Crippen LogP contribution in [0.25, 0.3) is 5.69 Å². The number of aryl methyl sites for hydroxylation is 2. The lowest BCUT2D eigenvalue weighted by atomic mass is 10.2. The molecule has 0 fully saturated rings. The lowest BCUT2D eigenvalue weighted by molar-refractivity contribution is -0.385. The van der Waals surface area contributed by atoms with Gasteiger partial charge in [-0.2, -0.15) is 5.10 Å². The molecule has 0 aliphatic rings. The Balaban J connectivity index is 1.14. The third-order valence-electron chi connectivity index (χ3n) is 6.71. The summed E-state index contributed by atoms with van der Waals surface area (Å²) in [5.74, 6) is -1.25. The average Bonchev–Trinajstić information content (AvgIpc) is 3.65. The normalized spacial score (nSPS) is 11.0. The van der Waals surface area contributed by atoms with Crippen LogP contribution < -0.4 is 20.2 Å². The summed E-state index contributed by atoms with van der Waals surface area (Å²) in [5.41, 5.74) is 5.36. The molecule has 0 saturated carbocycles. The molecule has 0 atom stereocenters. The molecule has 2 aromatic heterocycles. The molecule has 0 saturated heterocycles. The topological polar surface area (TPSA) is 150 Å². The molecule has 3 aromatic carbocycles. The minimum absolute atomic E-state index is 0.0288. The quantitative estimate of drug-likeness (QED) is 0.0854. The number of carbonyl (C=O) groups is 2. The maximum absolute atomic E-state index is 13.3. The maximum atomic E-state index is 13.3. The summed E-state index contributed by atoms with van der Waals surface area (Å²) < 4.78 is 32.1. The Morgan fingerprint density at radius 2 is 1.77 bits per heavy atom. The van der Waals surface area contributed by atoms with Crippen LogP contribution in [0.2, 0.25) is 5.02 Å². The Kier molecular flexibility index (Phi) is 9.96. The Labute approximate surface area is 272 Å². The van der Waals surface area contributed by atoms with Gasteiger partial charge in [0, 0.05) is 34.4 Å². The van der Waals surface area contributed by atoms with Crippen LogP contribution >= 0.6 is 11.6 Å². The molecule has 47 heavy (non-hydrogen) atoms.